The Hall–Kier alpha value is -3.38. The monoisotopic (exact) mass is 574 g/mol. The molecule has 1 aromatic carbocycles. The Balaban J connectivity index is 1.59. The van der Waals surface area contributed by atoms with Crippen molar-refractivity contribution in [3.8, 4) is 0 Å². The Morgan fingerprint density at radius 1 is 1.07 bits per heavy atom. The maximum Gasteiger partial charge on any atom is 0.261 e. The molecular weight excluding hydrogens is 531 g/mol. The summed E-state index contributed by atoms with van der Waals surface area (Å²) in [5.41, 5.74) is 0.801. The van der Waals surface area contributed by atoms with Crippen molar-refractivity contribution >= 4 is 36.6 Å². The minimum absolute atomic E-state index is 0.000615. The minimum Gasteiger partial charge on any atom is -0.367 e. The number of rotatable bonds is 15. The van der Waals surface area contributed by atoms with Crippen molar-refractivity contribution < 1.29 is 28.4 Å². The van der Waals surface area contributed by atoms with E-state index in [0.717, 1.165) is 69.8 Å². The average Bonchev–Trinajstić information content (AvgIpc) is 2.98. The van der Waals surface area contributed by atoms with Gasteiger partial charge in [0.25, 0.3) is 5.91 Å². The number of anilines is 1. The summed E-state index contributed by atoms with van der Waals surface area (Å²) < 4.78 is 15.1. The van der Waals surface area contributed by atoms with Crippen LogP contribution in [-0.4, -0.2) is 118 Å². The van der Waals surface area contributed by atoms with Gasteiger partial charge in [-0.05, 0) is 75.9 Å². The van der Waals surface area contributed by atoms with E-state index >= 15 is 4.39 Å². The van der Waals surface area contributed by atoms with Crippen molar-refractivity contribution in [3.05, 3.63) is 29.1 Å². The van der Waals surface area contributed by atoms with Crippen LogP contribution in [0.5, 0.6) is 0 Å². The third-order valence-corrected chi connectivity index (χ3v) is 8.13. The number of piperazine rings is 1. The maximum absolute atomic E-state index is 15.1. The number of aldehydes is 1. The van der Waals surface area contributed by atoms with E-state index in [-0.39, 0.29) is 18.4 Å². The molecule has 0 aromatic heterocycles. The molecule has 12 heteroatoms. The molecule has 226 valence electrons. The summed E-state index contributed by atoms with van der Waals surface area (Å²) in [4.78, 5) is 66.6. The molecule has 2 fully saturated rings. The van der Waals surface area contributed by atoms with Crippen LogP contribution in [0.15, 0.2) is 12.1 Å². The SMILES string of the molecule is CNC(=O)C(CCC=O)N(C=O)C(=O)c1cc(N2CCN(CC3CCN(CCCNC=O)CC3)CC2)c(F)cc1C. The number of hydrogen-bond donors (Lipinski definition) is 2. The number of imide groups is 1. The van der Waals surface area contributed by atoms with Crippen molar-refractivity contribution in [2.24, 2.45) is 5.92 Å². The number of halogens is 1. The van der Waals surface area contributed by atoms with Crippen LogP contribution in [0, 0.1) is 18.7 Å². The molecule has 41 heavy (non-hydrogen) atoms. The van der Waals surface area contributed by atoms with Gasteiger partial charge in [0.2, 0.25) is 18.7 Å². The normalized spacial score (nSPS) is 17.5. The fraction of sp³-hybridized carbons (Fsp3) is 0.621. The predicted molar refractivity (Wildman–Crippen MR) is 153 cm³/mol. The Morgan fingerprint density at radius 2 is 1.78 bits per heavy atom. The van der Waals surface area contributed by atoms with Crippen LogP contribution in [0.3, 0.4) is 0 Å². The van der Waals surface area contributed by atoms with Gasteiger partial charge >= 0.3 is 0 Å². The summed E-state index contributed by atoms with van der Waals surface area (Å²) >= 11 is 0. The van der Waals surface area contributed by atoms with E-state index in [9.17, 15) is 24.0 Å². The Bertz CT molecular complexity index is 1060. The van der Waals surface area contributed by atoms with Gasteiger partial charge < -0.3 is 25.2 Å². The maximum atomic E-state index is 15.1. The molecule has 11 nitrogen and oxygen atoms in total. The Labute approximate surface area is 241 Å². The van der Waals surface area contributed by atoms with Crippen molar-refractivity contribution in [2.45, 2.75) is 45.1 Å². The molecule has 2 N–H and O–H groups in total. The standard InChI is InChI=1S/C29H43FN6O5/c1-22-17-25(30)27(18-24(22)29(41)36(21-39)26(5-3-16-37)28(40)31-2)35-14-12-34(13-15-35)19-23-6-10-33(11-7-23)9-4-8-32-20-38/h16-18,20-21,23,26H,3-15,19H2,1-2H3,(H,31,40)(H,32,38). The number of amides is 4. The molecular formula is C29H43FN6O5. The molecule has 2 heterocycles. The second kappa shape index (κ2) is 16.2. The summed E-state index contributed by atoms with van der Waals surface area (Å²) in [6.45, 7) is 9.18. The van der Waals surface area contributed by atoms with Crippen molar-refractivity contribution in [1.29, 1.82) is 0 Å². The Morgan fingerprint density at radius 3 is 2.39 bits per heavy atom. The molecule has 1 unspecified atom stereocenters. The first kappa shape index (κ1) is 32.1. The largest absolute Gasteiger partial charge is 0.367 e. The second-order valence-corrected chi connectivity index (χ2v) is 10.8. The molecule has 0 spiro atoms. The first-order valence-corrected chi connectivity index (χ1v) is 14.4. The number of hydrogen-bond acceptors (Lipinski definition) is 8. The number of benzene rings is 1. The van der Waals surface area contributed by atoms with Crippen LogP contribution in [0.2, 0.25) is 0 Å². The zero-order chi connectivity index (χ0) is 29.8. The molecule has 2 saturated heterocycles. The number of aryl methyl sites for hydroxylation is 1. The van der Waals surface area contributed by atoms with Gasteiger partial charge in [0.1, 0.15) is 18.1 Å². The topological polar surface area (TPSA) is 122 Å². The highest BCUT2D eigenvalue weighted by molar-refractivity contribution is 6.04. The molecule has 0 bridgehead atoms. The highest BCUT2D eigenvalue weighted by Gasteiger charge is 2.32. The molecule has 1 aromatic rings. The number of nitrogens with zero attached hydrogens (tertiary/aromatic N) is 4. The lowest BCUT2D eigenvalue weighted by atomic mass is 9.95. The predicted octanol–water partition coefficient (Wildman–Crippen LogP) is 0.797. The average molecular weight is 575 g/mol. The van der Waals surface area contributed by atoms with Crippen LogP contribution in [0.4, 0.5) is 10.1 Å². The first-order valence-electron chi connectivity index (χ1n) is 14.4. The summed E-state index contributed by atoms with van der Waals surface area (Å²) in [6, 6.07) is 1.62. The second-order valence-electron chi connectivity index (χ2n) is 10.8. The number of piperidine rings is 1. The van der Waals surface area contributed by atoms with Gasteiger partial charge in [0, 0.05) is 58.3 Å². The molecule has 0 aliphatic carbocycles. The fourth-order valence-corrected chi connectivity index (χ4v) is 5.72. The molecule has 2 aliphatic heterocycles. The third kappa shape index (κ3) is 8.80. The lowest BCUT2D eigenvalue weighted by Crippen LogP contribution is -2.49. The summed E-state index contributed by atoms with van der Waals surface area (Å²) in [6.07, 6.45) is 4.90. The molecule has 4 amide bonds. The number of likely N-dealkylation sites (N-methyl/N-ethyl adjacent to an activating group) is 1. The molecule has 2 aliphatic rings. The smallest absolute Gasteiger partial charge is 0.261 e. The highest BCUT2D eigenvalue weighted by Crippen LogP contribution is 2.27. The summed E-state index contributed by atoms with van der Waals surface area (Å²) in [7, 11) is 1.39. The van der Waals surface area contributed by atoms with E-state index in [2.05, 4.69) is 20.4 Å². The Kier molecular flexibility index (Phi) is 12.7. The molecule has 3 rings (SSSR count). The molecule has 1 atom stereocenters. The number of nitrogens with one attached hydrogen (secondary N) is 2. The van der Waals surface area contributed by atoms with E-state index in [0.29, 0.717) is 49.5 Å². The van der Waals surface area contributed by atoms with Crippen LogP contribution in [0.25, 0.3) is 0 Å². The van der Waals surface area contributed by atoms with Gasteiger partial charge in [0.05, 0.1) is 5.69 Å². The first-order chi connectivity index (χ1) is 19.8. The van der Waals surface area contributed by atoms with Gasteiger partial charge in [0.15, 0.2) is 0 Å². The van der Waals surface area contributed by atoms with E-state index in [1.807, 2.05) is 4.90 Å². The van der Waals surface area contributed by atoms with Gasteiger partial charge in [-0.3, -0.25) is 29.0 Å². The van der Waals surface area contributed by atoms with E-state index < -0.39 is 23.7 Å². The van der Waals surface area contributed by atoms with Crippen LogP contribution in [0.1, 0.15) is 48.0 Å². The lowest BCUT2D eigenvalue weighted by Gasteiger charge is -2.40. The molecule has 0 radical (unpaired) electrons. The van der Waals surface area contributed by atoms with Crippen molar-refractivity contribution in [2.75, 3.05) is 70.9 Å². The van der Waals surface area contributed by atoms with Crippen molar-refractivity contribution in [3.63, 3.8) is 0 Å². The van der Waals surface area contributed by atoms with E-state index in [4.69, 9.17) is 0 Å². The van der Waals surface area contributed by atoms with Crippen molar-refractivity contribution in [1.82, 2.24) is 25.3 Å². The number of likely N-dealkylation sites (tertiary alicyclic amines) is 1. The lowest BCUT2D eigenvalue weighted by molar-refractivity contribution is -0.131. The van der Waals surface area contributed by atoms with Crippen LogP contribution in [-0.2, 0) is 19.2 Å². The van der Waals surface area contributed by atoms with E-state index in [1.54, 1.807) is 6.92 Å². The van der Waals surface area contributed by atoms with Crippen LogP contribution < -0.4 is 15.5 Å². The zero-order valence-corrected chi connectivity index (χ0v) is 24.1. The highest BCUT2D eigenvalue weighted by atomic mass is 19.1. The van der Waals surface area contributed by atoms with Crippen LogP contribution >= 0.6 is 0 Å². The number of carbonyl (C=O) groups excluding carboxylic acids is 5. The molecule has 0 saturated carbocycles. The van der Waals surface area contributed by atoms with Gasteiger partial charge in [-0.15, -0.1) is 0 Å². The van der Waals surface area contributed by atoms with Gasteiger partial charge in [-0.2, -0.15) is 0 Å². The minimum atomic E-state index is -1.14. The summed E-state index contributed by atoms with van der Waals surface area (Å²) in [5, 5.41) is 5.14. The fourth-order valence-electron chi connectivity index (χ4n) is 5.72. The van der Waals surface area contributed by atoms with Gasteiger partial charge in [-0.1, -0.05) is 0 Å². The third-order valence-electron chi connectivity index (χ3n) is 8.13. The quantitative estimate of drug-likeness (QED) is 0.233. The summed E-state index contributed by atoms with van der Waals surface area (Å²) in [5.74, 6) is -1.08. The number of carbonyl (C=O) groups is 5. The zero-order valence-electron chi connectivity index (χ0n) is 24.1. The van der Waals surface area contributed by atoms with Gasteiger partial charge in [-0.25, -0.2) is 4.39 Å². The van der Waals surface area contributed by atoms with E-state index in [1.165, 1.54) is 19.2 Å².